The van der Waals surface area contributed by atoms with E-state index in [1.807, 2.05) is 36.5 Å². The number of benzene rings is 1. The molecule has 3 aromatic rings. The fourth-order valence-corrected chi connectivity index (χ4v) is 4.06. The molecular weight excluding hydrogens is 356 g/mol. The molecule has 2 aromatic heterocycles. The Bertz CT molecular complexity index is 1170. The highest BCUT2D eigenvalue weighted by molar-refractivity contribution is 7.89. The number of nitrogens with zero attached hydrogens (tertiary/aromatic N) is 3. The summed E-state index contributed by atoms with van der Waals surface area (Å²) in [6, 6.07) is 9.96. The number of aryl methyl sites for hydroxylation is 2. The van der Waals surface area contributed by atoms with E-state index in [-0.39, 0.29) is 6.54 Å². The van der Waals surface area contributed by atoms with Crippen LogP contribution >= 0.6 is 0 Å². The van der Waals surface area contributed by atoms with Crippen LogP contribution in [0, 0.1) is 0 Å². The molecule has 0 bridgehead atoms. The molecule has 0 aliphatic carbocycles. The zero-order valence-electron chi connectivity index (χ0n) is 14.5. The van der Waals surface area contributed by atoms with Crippen LogP contribution in [0.25, 0.3) is 10.9 Å². The van der Waals surface area contributed by atoms with Crippen LogP contribution < -0.4 is 16.0 Å². The Morgan fingerprint density at radius 3 is 2.58 bits per heavy atom. The minimum atomic E-state index is -3.99. The van der Waals surface area contributed by atoms with E-state index >= 15 is 0 Å². The van der Waals surface area contributed by atoms with E-state index in [0.717, 1.165) is 26.2 Å². The van der Waals surface area contributed by atoms with Crippen LogP contribution in [-0.4, -0.2) is 28.7 Å². The third kappa shape index (κ3) is 3.35. The molecule has 26 heavy (non-hydrogen) atoms. The Labute approximate surface area is 150 Å². The van der Waals surface area contributed by atoms with Crippen molar-refractivity contribution in [3.8, 4) is 0 Å². The van der Waals surface area contributed by atoms with Gasteiger partial charge in [-0.05, 0) is 23.9 Å². The lowest BCUT2D eigenvalue weighted by Crippen LogP contribution is -2.41. The molecule has 0 atom stereocenters. The maximum atomic E-state index is 12.4. The van der Waals surface area contributed by atoms with E-state index in [1.165, 1.54) is 14.1 Å². The Morgan fingerprint density at radius 2 is 1.81 bits per heavy atom. The highest BCUT2D eigenvalue weighted by atomic mass is 32.2. The van der Waals surface area contributed by atoms with Crippen molar-refractivity contribution in [3.63, 3.8) is 0 Å². The third-order valence-corrected chi connectivity index (χ3v) is 5.70. The summed E-state index contributed by atoms with van der Waals surface area (Å²) in [6.07, 6.45) is 3.57. The first-order valence-corrected chi connectivity index (χ1v) is 9.60. The molecule has 138 valence electrons. The largest absolute Gasteiger partial charge is 0.347 e. The van der Waals surface area contributed by atoms with E-state index in [9.17, 15) is 18.0 Å². The summed E-state index contributed by atoms with van der Waals surface area (Å²) in [7, 11) is -1.34. The summed E-state index contributed by atoms with van der Waals surface area (Å²) in [4.78, 5) is 23.3. The van der Waals surface area contributed by atoms with E-state index in [1.54, 1.807) is 0 Å². The van der Waals surface area contributed by atoms with Gasteiger partial charge in [-0.25, -0.2) is 17.9 Å². The van der Waals surface area contributed by atoms with Gasteiger partial charge in [-0.15, -0.1) is 0 Å². The second-order valence-corrected chi connectivity index (χ2v) is 7.81. The summed E-state index contributed by atoms with van der Waals surface area (Å²) in [5.41, 5.74) is -0.326. The predicted octanol–water partition coefficient (Wildman–Crippen LogP) is 0.407. The fourth-order valence-electron chi connectivity index (χ4n) is 2.83. The minimum Gasteiger partial charge on any atom is -0.347 e. The molecule has 0 saturated carbocycles. The summed E-state index contributed by atoms with van der Waals surface area (Å²) >= 11 is 0. The van der Waals surface area contributed by atoms with Gasteiger partial charge in [-0.2, -0.15) is 0 Å². The third-order valence-electron chi connectivity index (χ3n) is 4.25. The zero-order chi connectivity index (χ0) is 18.9. The van der Waals surface area contributed by atoms with Crippen LogP contribution in [0.1, 0.15) is 6.42 Å². The van der Waals surface area contributed by atoms with Crippen LogP contribution in [0.4, 0.5) is 0 Å². The first kappa shape index (κ1) is 18.2. The molecule has 0 fully saturated rings. The van der Waals surface area contributed by atoms with Crippen molar-refractivity contribution in [2.45, 2.75) is 17.9 Å². The summed E-state index contributed by atoms with van der Waals surface area (Å²) < 4.78 is 31.1. The molecular formula is C17H20N4O4S. The Hall–Kier alpha value is -2.65. The Kier molecular flexibility index (Phi) is 4.84. The lowest BCUT2D eigenvalue weighted by Gasteiger charge is -2.10. The maximum absolute atomic E-state index is 12.4. The van der Waals surface area contributed by atoms with Gasteiger partial charge in [-0.3, -0.25) is 9.36 Å². The standard InChI is InChI=1S/C17H20N4O4S/c1-19-12-15(16(22)20(2)17(19)23)26(24,25)18-9-5-10-21-11-8-13-6-3-4-7-14(13)21/h3-4,6-8,11-12,18H,5,9-10H2,1-2H3. The van der Waals surface area contributed by atoms with Crippen LogP contribution in [0.15, 0.2) is 57.2 Å². The Morgan fingerprint density at radius 1 is 1.08 bits per heavy atom. The molecule has 0 unspecified atom stereocenters. The van der Waals surface area contributed by atoms with Gasteiger partial charge in [-0.1, -0.05) is 18.2 Å². The number of nitrogens with one attached hydrogen (secondary N) is 1. The average molecular weight is 376 g/mol. The number of sulfonamides is 1. The number of aromatic nitrogens is 3. The number of fused-ring (bicyclic) bond motifs is 1. The number of para-hydroxylation sites is 1. The first-order valence-electron chi connectivity index (χ1n) is 8.11. The minimum absolute atomic E-state index is 0.181. The molecule has 8 nitrogen and oxygen atoms in total. The van der Waals surface area contributed by atoms with Gasteiger partial charge < -0.3 is 9.13 Å². The van der Waals surface area contributed by atoms with Gasteiger partial charge in [0.1, 0.15) is 0 Å². The summed E-state index contributed by atoms with van der Waals surface area (Å²) in [5, 5.41) is 1.13. The Balaban J connectivity index is 1.70. The van der Waals surface area contributed by atoms with Crippen molar-refractivity contribution in [2.24, 2.45) is 14.1 Å². The van der Waals surface area contributed by atoms with Gasteiger partial charge >= 0.3 is 5.69 Å². The molecule has 0 aliphatic rings. The van der Waals surface area contributed by atoms with Gasteiger partial charge in [0.2, 0.25) is 10.0 Å². The van der Waals surface area contributed by atoms with E-state index in [2.05, 4.69) is 9.29 Å². The highest BCUT2D eigenvalue weighted by Gasteiger charge is 2.20. The van der Waals surface area contributed by atoms with Crippen LogP contribution in [0.3, 0.4) is 0 Å². The second kappa shape index (κ2) is 6.93. The smallest absolute Gasteiger partial charge is 0.330 e. The van der Waals surface area contributed by atoms with Crippen molar-refractivity contribution in [1.29, 1.82) is 0 Å². The van der Waals surface area contributed by atoms with Crippen LogP contribution in [0.5, 0.6) is 0 Å². The lowest BCUT2D eigenvalue weighted by atomic mass is 10.2. The molecule has 0 aliphatic heterocycles. The van der Waals surface area contributed by atoms with Gasteiger partial charge in [0, 0.05) is 45.1 Å². The average Bonchev–Trinajstić information content (AvgIpc) is 3.03. The molecule has 0 saturated heterocycles. The lowest BCUT2D eigenvalue weighted by molar-refractivity contribution is 0.563. The molecule has 2 heterocycles. The fraction of sp³-hybridized carbons (Fsp3) is 0.294. The normalized spacial score (nSPS) is 11.9. The van der Waals surface area contributed by atoms with Crippen molar-refractivity contribution >= 4 is 20.9 Å². The molecule has 0 spiro atoms. The van der Waals surface area contributed by atoms with Gasteiger partial charge in [0.25, 0.3) is 5.56 Å². The zero-order valence-corrected chi connectivity index (χ0v) is 15.4. The van der Waals surface area contributed by atoms with E-state index < -0.39 is 26.2 Å². The number of hydrogen-bond acceptors (Lipinski definition) is 4. The van der Waals surface area contributed by atoms with Crippen molar-refractivity contribution in [1.82, 2.24) is 18.4 Å². The SMILES string of the molecule is Cn1cc(S(=O)(=O)NCCCn2ccc3ccccc32)c(=O)n(C)c1=O. The second-order valence-electron chi connectivity index (χ2n) is 6.07. The molecule has 1 N–H and O–H groups in total. The molecule has 1 aromatic carbocycles. The number of rotatable bonds is 6. The molecule has 0 amide bonds. The van der Waals surface area contributed by atoms with Crippen molar-refractivity contribution in [3.05, 3.63) is 63.6 Å². The number of hydrogen-bond donors (Lipinski definition) is 1. The highest BCUT2D eigenvalue weighted by Crippen LogP contribution is 2.15. The van der Waals surface area contributed by atoms with Crippen LogP contribution in [-0.2, 0) is 30.7 Å². The monoisotopic (exact) mass is 376 g/mol. The van der Waals surface area contributed by atoms with Crippen molar-refractivity contribution < 1.29 is 8.42 Å². The van der Waals surface area contributed by atoms with Crippen molar-refractivity contribution in [2.75, 3.05) is 6.54 Å². The predicted molar refractivity (Wildman–Crippen MR) is 98.7 cm³/mol. The van der Waals surface area contributed by atoms with E-state index in [0.29, 0.717) is 13.0 Å². The topological polar surface area (TPSA) is 95.1 Å². The summed E-state index contributed by atoms with van der Waals surface area (Å²) in [5.74, 6) is 0. The quantitative estimate of drug-likeness (QED) is 0.630. The maximum Gasteiger partial charge on any atom is 0.330 e. The molecule has 0 radical (unpaired) electrons. The summed E-state index contributed by atoms with van der Waals surface area (Å²) in [6.45, 7) is 0.822. The van der Waals surface area contributed by atoms with Gasteiger partial charge in [0.15, 0.2) is 4.90 Å². The first-order chi connectivity index (χ1) is 12.3. The van der Waals surface area contributed by atoms with Crippen LogP contribution in [0.2, 0.25) is 0 Å². The van der Waals surface area contributed by atoms with E-state index in [4.69, 9.17) is 0 Å². The van der Waals surface area contributed by atoms with Gasteiger partial charge in [0.05, 0.1) is 0 Å². The molecule has 3 rings (SSSR count). The molecule has 9 heteroatoms.